The summed E-state index contributed by atoms with van der Waals surface area (Å²) in [5.74, 6) is -1.02. The Bertz CT molecular complexity index is 872. The van der Waals surface area contributed by atoms with Crippen LogP contribution in [0.4, 0.5) is 0 Å². The molecule has 37 heavy (non-hydrogen) atoms. The fourth-order valence-corrected chi connectivity index (χ4v) is 4.57. The summed E-state index contributed by atoms with van der Waals surface area (Å²) in [7, 11) is 0. The average Bonchev–Trinajstić information content (AvgIpc) is 2.85. The molecule has 3 unspecified atom stereocenters. The average molecular weight is 533 g/mol. The molecule has 2 N–H and O–H groups in total. The molecule has 0 aliphatic rings. The van der Waals surface area contributed by atoms with Crippen LogP contribution in [0.3, 0.4) is 0 Å². The molecule has 1 aromatic rings. The van der Waals surface area contributed by atoms with Crippen molar-refractivity contribution in [1.82, 2.24) is 10.6 Å². The Balaban J connectivity index is 3.01. The van der Waals surface area contributed by atoms with Gasteiger partial charge in [-0.1, -0.05) is 58.0 Å². The van der Waals surface area contributed by atoms with Gasteiger partial charge < -0.3 is 15.4 Å². The number of benzene rings is 1. The normalized spacial score (nSPS) is 13.6. The molecule has 0 fully saturated rings. The first-order valence-electron chi connectivity index (χ1n) is 13.2. The molecule has 3 atom stereocenters. The Kier molecular flexibility index (Phi) is 15.7. The zero-order valence-corrected chi connectivity index (χ0v) is 23.8. The number of hydrogen-bond donors (Lipinski definition) is 2. The number of carbonyl (C=O) groups excluding carboxylic acids is 5. The van der Waals surface area contributed by atoms with Crippen LogP contribution in [0, 0.1) is 23.7 Å². The number of thioether (sulfide) groups is 1. The number of aldehydes is 1. The molecule has 206 valence electrons. The van der Waals surface area contributed by atoms with Gasteiger partial charge in [-0.15, -0.1) is 0 Å². The number of amides is 2. The lowest BCUT2D eigenvalue weighted by molar-refractivity contribution is -0.133. The molecule has 0 aliphatic carbocycles. The minimum Gasteiger partial charge on any atom is -0.355 e. The molecule has 0 aromatic heterocycles. The fourth-order valence-electron chi connectivity index (χ4n) is 4.05. The van der Waals surface area contributed by atoms with Gasteiger partial charge in [0.05, 0.1) is 6.04 Å². The van der Waals surface area contributed by atoms with Crippen molar-refractivity contribution in [3.63, 3.8) is 0 Å². The molecular weight excluding hydrogens is 488 g/mol. The van der Waals surface area contributed by atoms with Crippen LogP contribution in [0.5, 0.6) is 0 Å². The lowest BCUT2D eigenvalue weighted by atomic mass is 9.88. The molecule has 2 amide bonds. The summed E-state index contributed by atoms with van der Waals surface area (Å²) in [5.41, 5.74) is 0.932. The Morgan fingerprint density at radius 3 is 2.19 bits per heavy atom. The van der Waals surface area contributed by atoms with Gasteiger partial charge in [-0.3, -0.25) is 19.2 Å². The summed E-state index contributed by atoms with van der Waals surface area (Å²) in [5, 5.41) is 5.72. The van der Waals surface area contributed by atoms with Crippen LogP contribution in [-0.2, 0) is 30.4 Å². The van der Waals surface area contributed by atoms with Gasteiger partial charge in [0.15, 0.2) is 5.78 Å². The van der Waals surface area contributed by atoms with Crippen molar-refractivity contribution in [1.29, 1.82) is 0 Å². The summed E-state index contributed by atoms with van der Waals surface area (Å²) in [4.78, 5) is 62.6. The molecule has 0 radical (unpaired) electrons. The van der Waals surface area contributed by atoms with E-state index < -0.39 is 17.9 Å². The first-order chi connectivity index (χ1) is 17.6. The molecule has 1 aromatic carbocycles. The number of hydrogen-bond acceptors (Lipinski definition) is 6. The van der Waals surface area contributed by atoms with Crippen molar-refractivity contribution >= 4 is 41.4 Å². The van der Waals surface area contributed by atoms with Crippen LogP contribution in [0.2, 0.25) is 0 Å². The highest BCUT2D eigenvalue weighted by Gasteiger charge is 2.30. The first kappa shape index (κ1) is 32.5. The molecule has 0 bridgehead atoms. The predicted octanol–water partition coefficient (Wildman–Crippen LogP) is 4.03. The third-order valence-corrected chi connectivity index (χ3v) is 6.94. The fraction of sp³-hybridized carbons (Fsp3) is 0.621. The maximum Gasteiger partial charge on any atom is 0.224 e. The van der Waals surface area contributed by atoms with E-state index >= 15 is 0 Å². The van der Waals surface area contributed by atoms with Crippen molar-refractivity contribution in [2.45, 2.75) is 72.3 Å². The topological polar surface area (TPSA) is 109 Å². The third kappa shape index (κ3) is 13.0. The van der Waals surface area contributed by atoms with Crippen molar-refractivity contribution in [2.75, 3.05) is 18.6 Å². The largest absolute Gasteiger partial charge is 0.355 e. The molecule has 0 heterocycles. The van der Waals surface area contributed by atoms with E-state index in [1.54, 1.807) is 11.8 Å². The molecular formula is C29H44N2O5S. The molecule has 7 nitrogen and oxygen atoms in total. The second kappa shape index (κ2) is 17.9. The summed E-state index contributed by atoms with van der Waals surface area (Å²) < 4.78 is 0. The van der Waals surface area contributed by atoms with Crippen LogP contribution >= 0.6 is 11.8 Å². The van der Waals surface area contributed by atoms with Gasteiger partial charge in [0.1, 0.15) is 12.1 Å². The van der Waals surface area contributed by atoms with Gasteiger partial charge in [0.25, 0.3) is 0 Å². The lowest BCUT2D eigenvalue weighted by Gasteiger charge is -2.24. The highest BCUT2D eigenvalue weighted by Crippen LogP contribution is 2.18. The summed E-state index contributed by atoms with van der Waals surface area (Å²) in [6, 6.07) is 8.76. The Labute approximate surface area is 226 Å². The Morgan fingerprint density at radius 1 is 0.946 bits per heavy atom. The van der Waals surface area contributed by atoms with Crippen LogP contribution in [0.25, 0.3) is 0 Å². The summed E-state index contributed by atoms with van der Waals surface area (Å²) >= 11 is 1.60. The monoisotopic (exact) mass is 532 g/mol. The molecule has 0 aliphatic heterocycles. The number of carbonyl (C=O) groups is 5. The molecule has 0 saturated heterocycles. The zero-order chi connectivity index (χ0) is 27.8. The second-order valence-corrected chi connectivity index (χ2v) is 11.3. The molecule has 0 saturated carbocycles. The van der Waals surface area contributed by atoms with E-state index in [1.165, 1.54) is 0 Å². The summed E-state index contributed by atoms with van der Waals surface area (Å²) in [6.45, 7) is 7.83. The highest BCUT2D eigenvalue weighted by atomic mass is 32.2. The minimum absolute atomic E-state index is 0.0281. The van der Waals surface area contributed by atoms with Crippen molar-refractivity contribution < 1.29 is 24.0 Å². The standard InChI is InChI=1S/C29H44N2O5S/c1-20(2)17-25(31-29(36)23(12-15-32)13-16-37-5)27(34)19-24(18-22-9-7-6-8-10-22)28(35)30-14-11-26(33)21(3)4/h6-10,15,20-21,23-25H,11-14,16-19H2,1-5H3,(H,30,35)(H,31,36). The van der Waals surface area contributed by atoms with Crippen molar-refractivity contribution in [3.05, 3.63) is 35.9 Å². The van der Waals surface area contributed by atoms with Crippen LogP contribution in [0.1, 0.15) is 65.4 Å². The van der Waals surface area contributed by atoms with Gasteiger partial charge in [-0.05, 0) is 42.8 Å². The number of nitrogens with one attached hydrogen (secondary N) is 2. The quantitative estimate of drug-likeness (QED) is 0.261. The Morgan fingerprint density at radius 2 is 1.62 bits per heavy atom. The second-order valence-electron chi connectivity index (χ2n) is 10.3. The van der Waals surface area contributed by atoms with E-state index in [2.05, 4.69) is 10.6 Å². The van der Waals surface area contributed by atoms with Gasteiger partial charge >= 0.3 is 0 Å². The third-order valence-electron chi connectivity index (χ3n) is 6.29. The molecule has 1 rings (SSSR count). The maximum absolute atomic E-state index is 13.5. The first-order valence-corrected chi connectivity index (χ1v) is 14.6. The molecule has 8 heteroatoms. The smallest absolute Gasteiger partial charge is 0.224 e. The van der Waals surface area contributed by atoms with Crippen LogP contribution in [-0.4, -0.2) is 54.3 Å². The Hall–Kier alpha value is -2.48. The van der Waals surface area contributed by atoms with E-state index in [0.717, 1.165) is 17.6 Å². The zero-order valence-electron chi connectivity index (χ0n) is 23.0. The highest BCUT2D eigenvalue weighted by molar-refractivity contribution is 7.98. The van der Waals surface area contributed by atoms with E-state index in [4.69, 9.17) is 0 Å². The van der Waals surface area contributed by atoms with E-state index in [0.29, 0.717) is 19.3 Å². The van der Waals surface area contributed by atoms with Crippen LogP contribution in [0.15, 0.2) is 30.3 Å². The van der Waals surface area contributed by atoms with Gasteiger partial charge in [-0.25, -0.2) is 0 Å². The molecule has 0 spiro atoms. The van der Waals surface area contributed by atoms with Crippen LogP contribution < -0.4 is 10.6 Å². The van der Waals surface area contributed by atoms with Gasteiger partial charge in [-0.2, -0.15) is 11.8 Å². The van der Waals surface area contributed by atoms with E-state index in [-0.39, 0.29) is 61.0 Å². The predicted molar refractivity (Wildman–Crippen MR) is 149 cm³/mol. The van der Waals surface area contributed by atoms with Gasteiger partial charge in [0, 0.05) is 43.6 Å². The number of Topliss-reactive ketones (excluding diaryl/α,β-unsaturated/α-hetero) is 2. The van der Waals surface area contributed by atoms with Crippen molar-refractivity contribution in [2.24, 2.45) is 23.7 Å². The summed E-state index contributed by atoms with van der Waals surface area (Å²) in [6.07, 6.45) is 4.40. The van der Waals surface area contributed by atoms with E-state index in [1.807, 2.05) is 64.3 Å². The number of rotatable bonds is 19. The van der Waals surface area contributed by atoms with Crippen molar-refractivity contribution in [3.8, 4) is 0 Å². The number of ketones is 2. The maximum atomic E-state index is 13.5. The SMILES string of the molecule is CSCCC(CC=O)C(=O)NC(CC(C)C)C(=O)CC(Cc1ccccc1)C(=O)NCCC(=O)C(C)C. The van der Waals surface area contributed by atoms with E-state index in [9.17, 15) is 24.0 Å². The minimum atomic E-state index is -0.732. The van der Waals surface area contributed by atoms with Gasteiger partial charge in [0.2, 0.25) is 11.8 Å². The lowest BCUT2D eigenvalue weighted by Crippen LogP contribution is -2.46.